The van der Waals surface area contributed by atoms with E-state index in [1.54, 1.807) is 23.2 Å². The molecule has 29 heavy (non-hydrogen) atoms. The van der Waals surface area contributed by atoms with Crippen LogP contribution in [0.2, 0.25) is 0 Å². The third-order valence-corrected chi connectivity index (χ3v) is 7.05. The normalized spacial score (nSPS) is 16.7. The molecule has 0 aliphatic carbocycles. The summed E-state index contributed by atoms with van der Waals surface area (Å²) in [5.41, 5.74) is -0.765. The van der Waals surface area contributed by atoms with Crippen molar-refractivity contribution >= 4 is 49.0 Å². The third-order valence-electron chi connectivity index (χ3n) is 5.77. The summed E-state index contributed by atoms with van der Waals surface area (Å²) in [4.78, 5) is 33.3. The van der Waals surface area contributed by atoms with Crippen molar-refractivity contribution in [3.05, 3.63) is 51.6 Å². The Hall–Kier alpha value is -2.84. The first kappa shape index (κ1) is 18.2. The number of amides is 1. The monoisotopic (exact) mass is 411 g/mol. The molecule has 6 nitrogen and oxygen atoms in total. The van der Waals surface area contributed by atoms with Crippen molar-refractivity contribution in [1.82, 2.24) is 14.9 Å². The number of thiazole rings is 1. The van der Waals surface area contributed by atoms with Gasteiger partial charge in [-0.1, -0.05) is 0 Å². The third kappa shape index (κ3) is 2.74. The molecule has 2 aromatic heterocycles. The highest BCUT2D eigenvalue weighted by molar-refractivity contribution is 7.19. The molecular weight excluding hydrogens is 393 g/mol. The Kier molecular flexibility index (Phi) is 3.97. The molecule has 1 aliphatic rings. The van der Waals surface area contributed by atoms with E-state index in [0.29, 0.717) is 58.0 Å². The van der Waals surface area contributed by atoms with Crippen LogP contribution in [0.5, 0.6) is 0 Å². The molecule has 0 atom stereocenters. The van der Waals surface area contributed by atoms with Gasteiger partial charge >= 0.3 is 0 Å². The predicted octanol–water partition coefficient (Wildman–Crippen LogP) is 3.26. The van der Waals surface area contributed by atoms with Crippen molar-refractivity contribution in [2.75, 3.05) is 13.1 Å². The molecule has 3 heterocycles. The SMILES string of the molecule is CC(=O)N1CCC(O)(c2nc3c4ccc(F)cc4c4c(=O)[nH]ccc4c3s2)CC1. The van der Waals surface area contributed by atoms with Gasteiger partial charge in [0.05, 0.1) is 15.6 Å². The quantitative estimate of drug-likeness (QED) is 0.471. The number of fused-ring (bicyclic) bond motifs is 6. The van der Waals surface area contributed by atoms with Gasteiger partial charge in [-0.3, -0.25) is 9.59 Å². The number of nitrogens with zero attached hydrogens (tertiary/aromatic N) is 2. The molecule has 0 spiro atoms. The number of aromatic amines is 1. The van der Waals surface area contributed by atoms with E-state index in [0.717, 1.165) is 4.70 Å². The van der Waals surface area contributed by atoms with Crippen LogP contribution in [-0.4, -0.2) is 39.0 Å². The van der Waals surface area contributed by atoms with Gasteiger partial charge in [-0.05, 0) is 24.3 Å². The Morgan fingerprint density at radius 2 is 2.00 bits per heavy atom. The van der Waals surface area contributed by atoms with Crippen LogP contribution in [0.25, 0.3) is 31.8 Å². The average molecular weight is 411 g/mol. The van der Waals surface area contributed by atoms with E-state index >= 15 is 0 Å². The minimum atomic E-state index is -1.13. The molecule has 1 saturated heterocycles. The zero-order valence-corrected chi connectivity index (χ0v) is 16.5. The van der Waals surface area contributed by atoms with Crippen molar-refractivity contribution in [1.29, 1.82) is 0 Å². The number of halogens is 1. The Morgan fingerprint density at radius 3 is 2.72 bits per heavy atom. The first-order valence-electron chi connectivity index (χ1n) is 9.39. The smallest absolute Gasteiger partial charge is 0.256 e. The second kappa shape index (κ2) is 6.33. The number of piperidine rings is 1. The summed E-state index contributed by atoms with van der Waals surface area (Å²) in [5.74, 6) is -0.429. The van der Waals surface area contributed by atoms with Crippen molar-refractivity contribution in [2.24, 2.45) is 0 Å². The summed E-state index contributed by atoms with van der Waals surface area (Å²) in [6, 6.07) is 6.12. The number of carbonyl (C=O) groups is 1. The summed E-state index contributed by atoms with van der Waals surface area (Å²) < 4.78 is 14.7. The fourth-order valence-corrected chi connectivity index (χ4v) is 5.41. The standard InChI is InChI=1S/C21H18FN3O3S/c1-11(26)25-8-5-21(28,6-9-25)20-24-17-13-3-2-12(22)10-15(13)16-14(18(17)29-20)4-7-23-19(16)27/h2-4,7,10,28H,5-6,8-9H2,1H3,(H,23,27). The van der Waals surface area contributed by atoms with E-state index < -0.39 is 11.4 Å². The van der Waals surface area contributed by atoms with E-state index in [1.165, 1.54) is 30.4 Å². The Morgan fingerprint density at radius 1 is 1.24 bits per heavy atom. The molecule has 1 aliphatic heterocycles. The number of carbonyl (C=O) groups excluding carboxylic acids is 1. The summed E-state index contributed by atoms with van der Waals surface area (Å²) in [6.07, 6.45) is 2.36. The van der Waals surface area contributed by atoms with E-state index in [4.69, 9.17) is 4.98 Å². The number of pyridine rings is 1. The van der Waals surface area contributed by atoms with Gasteiger partial charge in [-0.25, -0.2) is 9.37 Å². The summed E-state index contributed by atoms with van der Waals surface area (Å²) >= 11 is 1.36. The number of nitrogens with one attached hydrogen (secondary N) is 1. The second-order valence-corrected chi connectivity index (χ2v) is 8.52. The number of H-pyrrole nitrogens is 1. The van der Waals surface area contributed by atoms with E-state index in [9.17, 15) is 19.1 Å². The molecule has 0 bridgehead atoms. The van der Waals surface area contributed by atoms with Crippen LogP contribution in [0.3, 0.4) is 0 Å². The van der Waals surface area contributed by atoms with Crippen molar-refractivity contribution < 1.29 is 14.3 Å². The molecule has 0 saturated carbocycles. The molecule has 4 aromatic rings. The van der Waals surface area contributed by atoms with Crippen LogP contribution >= 0.6 is 11.3 Å². The van der Waals surface area contributed by atoms with E-state index in [-0.39, 0.29) is 11.5 Å². The summed E-state index contributed by atoms with van der Waals surface area (Å²) in [6.45, 7) is 2.46. The zero-order valence-electron chi connectivity index (χ0n) is 15.7. The van der Waals surface area contributed by atoms with Gasteiger partial charge in [0, 0.05) is 55.2 Å². The lowest BCUT2D eigenvalue weighted by Crippen LogP contribution is -2.44. The molecule has 2 aromatic carbocycles. The number of likely N-dealkylation sites (tertiary alicyclic amines) is 1. The molecular formula is C21H18FN3O3S. The van der Waals surface area contributed by atoms with Gasteiger partial charge in [0.25, 0.3) is 5.56 Å². The van der Waals surface area contributed by atoms with Gasteiger partial charge in [0.15, 0.2) is 0 Å². The fourth-order valence-electron chi connectivity index (χ4n) is 4.15. The minimum Gasteiger partial charge on any atom is -0.383 e. The summed E-state index contributed by atoms with van der Waals surface area (Å²) in [5, 5.41) is 14.1. The Bertz CT molecular complexity index is 1350. The van der Waals surface area contributed by atoms with Gasteiger partial charge in [0.2, 0.25) is 5.91 Å². The first-order valence-corrected chi connectivity index (χ1v) is 10.2. The molecule has 5 rings (SSSR count). The van der Waals surface area contributed by atoms with Crippen LogP contribution < -0.4 is 5.56 Å². The van der Waals surface area contributed by atoms with Crippen molar-refractivity contribution in [3.8, 4) is 0 Å². The lowest BCUT2D eigenvalue weighted by atomic mass is 9.92. The number of rotatable bonds is 1. The number of hydrogen-bond acceptors (Lipinski definition) is 5. The highest BCUT2D eigenvalue weighted by atomic mass is 32.1. The van der Waals surface area contributed by atoms with Crippen LogP contribution in [0.1, 0.15) is 24.8 Å². The molecule has 1 amide bonds. The van der Waals surface area contributed by atoms with Crippen LogP contribution in [0, 0.1) is 5.82 Å². The maximum atomic E-state index is 14.0. The van der Waals surface area contributed by atoms with Crippen LogP contribution in [-0.2, 0) is 10.4 Å². The number of aliphatic hydroxyl groups is 1. The average Bonchev–Trinajstić information content (AvgIpc) is 3.15. The maximum Gasteiger partial charge on any atom is 0.256 e. The Labute approximate surface area is 168 Å². The number of hydrogen-bond donors (Lipinski definition) is 2. The van der Waals surface area contributed by atoms with Crippen LogP contribution in [0.4, 0.5) is 4.39 Å². The van der Waals surface area contributed by atoms with Gasteiger partial charge in [-0.15, -0.1) is 11.3 Å². The van der Waals surface area contributed by atoms with Gasteiger partial charge in [-0.2, -0.15) is 0 Å². The highest BCUT2D eigenvalue weighted by Crippen LogP contribution is 2.42. The highest BCUT2D eigenvalue weighted by Gasteiger charge is 2.38. The molecule has 2 N–H and O–H groups in total. The van der Waals surface area contributed by atoms with Crippen LogP contribution in [0.15, 0.2) is 35.3 Å². The van der Waals surface area contributed by atoms with Gasteiger partial charge in [0.1, 0.15) is 16.4 Å². The number of aromatic nitrogens is 2. The lowest BCUT2D eigenvalue weighted by molar-refractivity contribution is -0.133. The van der Waals surface area contributed by atoms with E-state index in [1.807, 2.05) is 0 Å². The van der Waals surface area contributed by atoms with E-state index in [2.05, 4.69) is 4.98 Å². The minimum absolute atomic E-state index is 0.00501. The fraction of sp³-hybridized carbons (Fsp3) is 0.286. The molecule has 1 fully saturated rings. The van der Waals surface area contributed by atoms with Crippen molar-refractivity contribution in [3.63, 3.8) is 0 Å². The van der Waals surface area contributed by atoms with Gasteiger partial charge < -0.3 is 15.0 Å². The maximum absolute atomic E-state index is 14.0. The molecule has 0 unspecified atom stereocenters. The zero-order chi connectivity index (χ0) is 20.3. The summed E-state index contributed by atoms with van der Waals surface area (Å²) in [7, 11) is 0. The molecule has 8 heteroatoms. The number of benzene rings is 2. The topological polar surface area (TPSA) is 86.3 Å². The largest absolute Gasteiger partial charge is 0.383 e. The van der Waals surface area contributed by atoms with Crippen molar-refractivity contribution in [2.45, 2.75) is 25.4 Å². The predicted molar refractivity (Wildman–Crippen MR) is 111 cm³/mol. The molecule has 148 valence electrons. The molecule has 0 radical (unpaired) electrons. The second-order valence-electron chi connectivity index (χ2n) is 7.52. The first-order chi connectivity index (χ1) is 13.9. The Balaban J connectivity index is 1.77. The lowest BCUT2D eigenvalue weighted by Gasteiger charge is -2.36.